The molecule has 0 heterocycles. The summed E-state index contributed by atoms with van der Waals surface area (Å²) in [6.45, 7) is 2.24. The zero-order valence-corrected chi connectivity index (χ0v) is 9.10. The van der Waals surface area contributed by atoms with Gasteiger partial charge in [0.1, 0.15) is 0 Å². The van der Waals surface area contributed by atoms with Gasteiger partial charge in [0.2, 0.25) is 0 Å². The lowest BCUT2D eigenvalue weighted by Gasteiger charge is -2.05. The van der Waals surface area contributed by atoms with Gasteiger partial charge in [-0.1, -0.05) is 57.6 Å². The van der Waals surface area contributed by atoms with Crippen molar-refractivity contribution in [2.45, 2.75) is 64.7 Å². The Kier molecular flexibility index (Phi) is 5.97. The van der Waals surface area contributed by atoms with Crippen molar-refractivity contribution in [1.29, 1.82) is 0 Å². The van der Waals surface area contributed by atoms with Crippen molar-refractivity contribution < 1.29 is 0 Å². The second-order valence-corrected chi connectivity index (χ2v) is 4.34. The van der Waals surface area contributed by atoms with Crippen LogP contribution in [0.3, 0.4) is 0 Å². The molecular formula is C13H24. The lowest BCUT2D eigenvalue weighted by molar-refractivity contribution is 0.486. The van der Waals surface area contributed by atoms with Gasteiger partial charge in [-0.05, 0) is 25.2 Å². The molecule has 0 nitrogen and oxygen atoms in total. The van der Waals surface area contributed by atoms with Crippen LogP contribution in [-0.4, -0.2) is 0 Å². The molecule has 0 aromatic carbocycles. The lowest BCUT2D eigenvalue weighted by Crippen LogP contribution is -1.91. The third-order valence-corrected chi connectivity index (χ3v) is 3.08. The molecule has 76 valence electrons. The summed E-state index contributed by atoms with van der Waals surface area (Å²) in [4.78, 5) is 0. The molecule has 0 saturated heterocycles. The van der Waals surface area contributed by atoms with E-state index in [9.17, 15) is 0 Å². The molecule has 0 unspecified atom stereocenters. The SMILES string of the molecule is CCC/C=C/CCCC1CCCC1. The minimum atomic E-state index is 1.08. The van der Waals surface area contributed by atoms with Crippen molar-refractivity contribution in [3.8, 4) is 0 Å². The van der Waals surface area contributed by atoms with E-state index in [-0.39, 0.29) is 0 Å². The highest BCUT2D eigenvalue weighted by Crippen LogP contribution is 2.28. The molecule has 0 bridgehead atoms. The predicted octanol–water partition coefficient (Wildman–Crippen LogP) is 4.70. The van der Waals surface area contributed by atoms with Gasteiger partial charge in [0.15, 0.2) is 0 Å². The Labute approximate surface area is 83.4 Å². The Bertz CT molecular complexity index is 129. The van der Waals surface area contributed by atoms with E-state index >= 15 is 0 Å². The number of unbranched alkanes of at least 4 members (excludes halogenated alkanes) is 2. The van der Waals surface area contributed by atoms with Crippen LogP contribution in [0.15, 0.2) is 12.2 Å². The zero-order chi connectivity index (χ0) is 9.36. The number of hydrogen-bond donors (Lipinski definition) is 0. The molecule has 1 fully saturated rings. The van der Waals surface area contributed by atoms with Gasteiger partial charge in [-0.25, -0.2) is 0 Å². The molecule has 0 radical (unpaired) electrons. The van der Waals surface area contributed by atoms with Gasteiger partial charge < -0.3 is 0 Å². The molecule has 0 spiro atoms. The van der Waals surface area contributed by atoms with Crippen LogP contribution in [0.1, 0.15) is 64.7 Å². The Morgan fingerprint density at radius 3 is 2.46 bits per heavy atom. The van der Waals surface area contributed by atoms with Crippen LogP contribution in [0, 0.1) is 5.92 Å². The van der Waals surface area contributed by atoms with E-state index in [4.69, 9.17) is 0 Å². The van der Waals surface area contributed by atoms with Gasteiger partial charge in [-0.3, -0.25) is 0 Å². The van der Waals surface area contributed by atoms with Crippen LogP contribution in [0.25, 0.3) is 0 Å². The van der Waals surface area contributed by atoms with E-state index in [1.54, 1.807) is 0 Å². The molecule has 0 aromatic heterocycles. The molecule has 1 saturated carbocycles. The summed E-state index contributed by atoms with van der Waals surface area (Å²) in [6.07, 6.45) is 17.5. The van der Waals surface area contributed by atoms with Crippen molar-refractivity contribution in [2.24, 2.45) is 5.92 Å². The molecule has 1 aliphatic rings. The maximum Gasteiger partial charge on any atom is -0.0351 e. The third-order valence-electron chi connectivity index (χ3n) is 3.08. The Morgan fingerprint density at radius 2 is 1.77 bits per heavy atom. The van der Waals surface area contributed by atoms with Crippen molar-refractivity contribution in [2.75, 3.05) is 0 Å². The first-order chi connectivity index (χ1) is 6.43. The van der Waals surface area contributed by atoms with Crippen molar-refractivity contribution in [3.63, 3.8) is 0 Å². The highest BCUT2D eigenvalue weighted by Gasteiger charge is 2.13. The molecule has 0 N–H and O–H groups in total. The summed E-state index contributed by atoms with van der Waals surface area (Å²) in [6, 6.07) is 0. The van der Waals surface area contributed by atoms with E-state index in [0.29, 0.717) is 0 Å². The summed E-state index contributed by atoms with van der Waals surface area (Å²) < 4.78 is 0. The molecule has 13 heavy (non-hydrogen) atoms. The van der Waals surface area contributed by atoms with Crippen LogP contribution in [0.4, 0.5) is 0 Å². The minimum Gasteiger partial charge on any atom is -0.0885 e. The van der Waals surface area contributed by atoms with Gasteiger partial charge in [-0.2, -0.15) is 0 Å². The third kappa shape index (κ3) is 5.13. The van der Waals surface area contributed by atoms with E-state index in [1.807, 2.05) is 0 Å². The monoisotopic (exact) mass is 180 g/mol. The highest BCUT2D eigenvalue weighted by atomic mass is 14.2. The van der Waals surface area contributed by atoms with Crippen molar-refractivity contribution in [1.82, 2.24) is 0 Å². The van der Waals surface area contributed by atoms with Gasteiger partial charge in [0, 0.05) is 0 Å². The van der Waals surface area contributed by atoms with E-state index in [1.165, 1.54) is 57.8 Å². The second kappa shape index (κ2) is 7.17. The summed E-state index contributed by atoms with van der Waals surface area (Å²) >= 11 is 0. The van der Waals surface area contributed by atoms with Crippen LogP contribution in [0.5, 0.6) is 0 Å². The average Bonchev–Trinajstić information content (AvgIpc) is 2.63. The smallest absolute Gasteiger partial charge is 0.0351 e. The molecule has 0 aromatic rings. The van der Waals surface area contributed by atoms with Crippen molar-refractivity contribution in [3.05, 3.63) is 12.2 Å². The van der Waals surface area contributed by atoms with Crippen LogP contribution in [-0.2, 0) is 0 Å². The molecule has 1 rings (SSSR count). The first-order valence-electron chi connectivity index (χ1n) is 6.08. The van der Waals surface area contributed by atoms with Gasteiger partial charge in [0.05, 0.1) is 0 Å². The predicted molar refractivity (Wildman–Crippen MR) is 59.9 cm³/mol. The second-order valence-electron chi connectivity index (χ2n) is 4.34. The summed E-state index contributed by atoms with van der Waals surface area (Å²) in [5, 5.41) is 0. The van der Waals surface area contributed by atoms with Gasteiger partial charge >= 0.3 is 0 Å². The largest absolute Gasteiger partial charge is 0.0885 e. The quantitative estimate of drug-likeness (QED) is 0.410. The normalized spacial score (nSPS) is 18.8. The molecular weight excluding hydrogens is 156 g/mol. The maximum atomic E-state index is 2.37. The van der Waals surface area contributed by atoms with Gasteiger partial charge in [-0.15, -0.1) is 0 Å². The fourth-order valence-corrected chi connectivity index (χ4v) is 2.23. The van der Waals surface area contributed by atoms with Crippen LogP contribution < -0.4 is 0 Å². The molecule has 0 atom stereocenters. The molecule has 1 aliphatic carbocycles. The lowest BCUT2D eigenvalue weighted by atomic mass is 10.0. The first-order valence-corrected chi connectivity index (χ1v) is 6.08. The van der Waals surface area contributed by atoms with Gasteiger partial charge in [0.25, 0.3) is 0 Å². The van der Waals surface area contributed by atoms with E-state index < -0.39 is 0 Å². The highest BCUT2D eigenvalue weighted by molar-refractivity contribution is 4.81. The van der Waals surface area contributed by atoms with Crippen LogP contribution in [0.2, 0.25) is 0 Å². The summed E-state index contributed by atoms with van der Waals surface area (Å²) in [5.74, 6) is 1.08. The number of hydrogen-bond acceptors (Lipinski definition) is 0. The van der Waals surface area contributed by atoms with Crippen LogP contribution >= 0.6 is 0 Å². The van der Waals surface area contributed by atoms with E-state index in [0.717, 1.165) is 5.92 Å². The first kappa shape index (κ1) is 10.8. The van der Waals surface area contributed by atoms with E-state index in [2.05, 4.69) is 19.1 Å². The molecule has 0 amide bonds. The Morgan fingerprint density at radius 1 is 1.08 bits per heavy atom. The zero-order valence-electron chi connectivity index (χ0n) is 9.10. The number of rotatable bonds is 6. The Balaban J connectivity index is 1.88. The average molecular weight is 180 g/mol. The fraction of sp³-hybridized carbons (Fsp3) is 0.846. The summed E-state index contributed by atoms with van der Waals surface area (Å²) in [5.41, 5.74) is 0. The standard InChI is InChI=1S/C13H24/c1-2-3-4-5-6-7-10-13-11-8-9-12-13/h4-5,13H,2-3,6-12H2,1H3/b5-4+. The van der Waals surface area contributed by atoms with Crippen molar-refractivity contribution >= 4 is 0 Å². The Hall–Kier alpha value is -0.260. The topological polar surface area (TPSA) is 0 Å². The summed E-state index contributed by atoms with van der Waals surface area (Å²) in [7, 11) is 0. The minimum absolute atomic E-state index is 1.08. The maximum absolute atomic E-state index is 2.37. The molecule has 0 heteroatoms. The molecule has 0 aliphatic heterocycles. The number of allylic oxidation sites excluding steroid dienone is 2. The fourth-order valence-electron chi connectivity index (χ4n) is 2.23.